The van der Waals surface area contributed by atoms with E-state index in [0.717, 1.165) is 38.9 Å². The minimum atomic E-state index is -0.788. The molecule has 0 aliphatic carbocycles. The van der Waals surface area contributed by atoms with E-state index >= 15 is 0 Å². The molecule has 0 amide bonds. The Labute approximate surface area is 103 Å². The smallest absolute Gasteiger partial charge is 0.305 e. The van der Waals surface area contributed by atoms with Crippen molar-refractivity contribution < 1.29 is 14.6 Å². The number of carboxylic acids is 1. The molecular formula is C13H23NO3. The maximum absolute atomic E-state index is 10.3. The van der Waals surface area contributed by atoms with Gasteiger partial charge in [0.15, 0.2) is 0 Å². The van der Waals surface area contributed by atoms with Gasteiger partial charge in [-0.3, -0.25) is 4.79 Å². The highest BCUT2D eigenvalue weighted by Gasteiger charge is 2.19. The Morgan fingerprint density at radius 1 is 1.41 bits per heavy atom. The van der Waals surface area contributed by atoms with Gasteiger partial charge in [0.05, 0.1) is 19.1 Å². The van der Waals surface area contributed by atoms with Gasteiger partial charge < -0.3 is 14.7 Å². The van der Waals surface area contributed by atoms with Crippen molar-refractivity contribution in [2.45, 2.75) is 38.7 Å². The van der Waals surface area contributed by atoms with Gasteiger partial charge >= 0.3 is 5.97 Å². The lowest BCUT2D eigenvalue weighted by Crippen LogP contribution is -2.37. The van der Waals surface area contributed by atoms with E-state index in [1.54, 1.807) is 0 Å². The van der Waals surface area contributed by atoms with Gasteiger partial charge in [-0.15, -0.1) is 6.58 Å². The Balaban J connectivity index is 2.08. The molecule has 98 valence electrons. The zero-order chi connectivity index (χ0) is 12.7. The third kappa shape index (κ3) is 6.44. The van der Waals surface area contributed by atoms with Crippen LogP contribution in [0, 0.1) is 0 Å². The normalized spacial score (nSPS) is 18.2. The van der Waals surface area contributed by atoms with Crippen LogP contribution in [-0.4, -0.2) is 48.3 Å². The van der Waals surface area contributed by atoms with Gasteiger partial charge in [-0.05, 0) is 26.2 Å². The van der Waals surface area contributed by atoms with E-state index < -0.39 is 5.97 Å². The molecular weight excluding hydrogens is 218 g/mol. The molecule has 0 atom stereocenters. The van der Waals surface area contributed by atoms with Crippen LogP contribution in [0.4, 0.5) is 0 Å². The second kappa shape index (κ2) is 7.45. The lowest BCUT2D eigenvalue weighted by Gasteiger charge is -2.31. The minimum Gasteiger partial charge on any atom is -0.481 e. The highest BCUT2D eigenvalue weighted by Crippen LogP contribution is 2.14. The summed E-state index contributed by atoms with van der Waals surface area (Å²) in [5.41, 5.74) is 1.23. The molecule has 0 bridgehead atoms. The van der Waals surface area contributed by atoms with E-state index in [1.807, 2.05) is 0 Å². The second-order valence-corrected chi connectivity index (χ2v) is 4.76. The average molecular weight is 241 g/mol. The van der Waals surface area contributed by atoms with E-state index in [-0.39, 0.29) is 12.5 Å². The first-order valence-electron chi connectivity index (χ1n) is 6.28. The van der Waals surface area contributed by atoms with Gasteiger partial charge in [0.2, 0.25) is 0 Å². The molecule has 1 aliphatic heterocycles. The number of carboxylic acid groups (broad SMARTS) is 1. The van der Waals surface area contributed by atoms with Gasteiger partial charge in [-0.25, -0.2) is 0 Å². The predicted octanol–water partition coefficient (Wildman–Crippen LogP) is 1.91. The van der Waals surface area contributed by atoms with Crippen LogP contribution in [0.5, 0.6) is 0 Å². The van der Waals surface area contributed by atoms with Crippen LogP contribution in [0.2, 0.25) is 0 Å². The summed E-state index contributed by atoms with van der Waals surface area (Å²) in [6.45, 7) is 9.47. The van der Waals surface area contributed by atoms with Crippen LogP contribution in [0.25, 0.3) is 0 Å². The molecule has 0 aromatic carbocycles. The van der Waals surface area contributed by atoms with Crippen LogP contribution < -0.4 is 0 Å². The number of rotatable bonds is 7. The molecule has 1 heterocycles. The highest BCUT2D eigenvalue weighted by atomic mass is 16.5. The van der Waals surface area contributed by atoms with E-state index in [0.29, 0.717) is 6.61 Å². The standard InChI is InChI=1S/C13H23NO3/c1-11(2)3-7-14-8-4-12(5-9-14)17-10-6-13(15)16/h12H,1,3-10H2,2H3,(H,15,16). The van der Waals surface area contributed by atoms with Crippen molar-refractivity contribution in [2.24, 2.45) is 0 Å². The van der Waals surface area contributed by atoms with Gasteiger partial charge in [-0.1, -0.05) is 5.57 Å². The minimum absolute atomic E-state index is 0.107. The number of likely N-dealkylation sites (tertiary alicyclic amines) is 1. The zero-order valence-corrected chi connectivity index (χ0v) is 10.7. The molecule has 0 aromatic rings. The predicted molar refractivity (Wildman–Crippen MR) is 67.1 cm³/mol. The molecule has 1 rings (SSSR count). The molecule has 0 saturated carbocycles. The molecule has 0 spiro atoms. The Morgan fingerprint density at radius 3 is 2.59 bits per heavy atom. The molecule has 1 aliphatic rings. The number of ether oxygens (including phenoxy) is 1. The largest absolute Gasteiger partial charge is 0.481 e. The lowest BCUT2D eigenvalue weighted by molar-refractivity contribution is -0.138. The quantitative estimate of drug-likeness (QED) is 0.692. The summed E-state index contributed by atoms with van der Waals surface area (Å²) in [6.07, 6.45) is 3.43. The van der Waals surface area contributed by atoms with Gasteiger partial charge in [0.25, 0.3) is 0 Å². The van der Waals surface area contributed by atoms with Crippen molar-refractivity contribution in [3.63, 3.8) is 0 Å². The average Bonchev–Trinajstić information content (AvgIpc) is 2.27. The summed E-state index contributed by atoms with van der Waals surface area (Å²) in [5.74, 6) is -0.788. The number of hydrogen-bond acceptors (Lipinski definition) is 3. The van der Waals surface area contributed by atoms with Gasteiger partial charge in [0.1, 0.15) is 0 Å². The van der Waals surface area contributed by atoms with Crippen molar-refractivity contribution in [1.82, 2.24) is 4.90 Å². The topological polar surface area (TPSA) is 49.8 Å². The summed E-state index contributed by atoms with van der Waals surface area (Å²) in [6, 6.07) is 0. The maximum Gasteiger partial charge on any atom is 0.305 e. The van der Waals surface area contributed by atoms with Crippen LogP contribution >= 0.6 is 0 Å². The fraction of sp³-hybridized carbons (Fsp3) is 0.769. The molecule has 0 aromatic heterocycles. The van der Waals surface area contributed by atoms with Crippen molar-refractivity contribution >= 4 is 5.97 Å². The first-order valence-corrected chi connectivity index (χ1v) is 6.28. The number of carbonyl (C=O) groups is 1. The molecule has 1 saturated heterocycles. The fourth-order valence-corrected chi connectivity index (χ4v) is 1.96. The van der Waals surface area contributed by atoms with Crippen LogP contribution in [0.15, 0.2) is 12.2 Å². The number of aliphatic carboxylic acids is 1. The number of nitrogens with zero attached hydrogens (tertiary/aromatic N) is 1. The van der Waals surface area contributed by atoms with E-state index in [4.69, 9.17) is 9.84 Å². The second-order valence-electron chi connectivity index (χ2n) is 4.76. The van der Waals surface area contributed by atoms with Crippen molar-refractivity contribution in [3.8, 4) is 0 Å². The van der Waals surface area contributed by atoms with Crippen LogP contribution in [-0.2, 0) is 9.53 Å². The summed E-state index contributed by atoms with van der Waals surface area (Å²) in [4.78, 5) is 12.8. The fourth-order valence-electron chi connectivity index (χ4n) is 1.96. The summed E-state index contributed by atoms with van der Waals surface area (Å²) < 4.78 is 5.54. The molecule has 1 fully saturated rings. The highest BCUT2D eigenvalue weighted by molar-refractivity contribution is 5.66. The lowest BCUT2D eigenvalue weighted by atomic mass is 10.1. The SMILES string of the molecule is C=C(C)CCN1CCC(OCCC(=O)O)CC1. The van der Waals surface area contributed by atoms with Crippen LogP contribution in [0.3, 0.4) is 0 Å². The third-order valence-corrected chi connectivity index (χ3v) is 3.06. The Hall–Kier alpha value is -0.870. The number of hydrogen-bond donors (Lipinski definition) is 1. The van der Waals surface area contributed by atoms with E-state index in [1.165, 1.54) is 5.57 Å². The molecule has 4 heteroatoms. The monoisotopic (exact) mass is 241 g/mol. The first kappa shape index (κ1) is 14.2. The molecule has 17 heavy (non-hydrogen) atoms. The van der Waals surface area contributed by atoms with Crippen molar-refractivity contribution in [1.29, 1.82) is 0 Å². The molecule has 0 unspecified atom stereocenters. The Bertz CT molecular complexity index is 257. The first-order chi connectivity index (χ1) is 8.08. The van der Waals surface area contributed by atoms with Gasteiger partial charge in [-0.2, -0.15) is 0 Å². The summed E-state index contributed by atoms with van der Waals surface area (Å²) >= 11 is 0. The van der Waals surface area contributed by atoms with Gasteiger partial charge in [0, 0.05) is 19.6 Å². The van der Waals surface area contributed by atoms with E-state index in [9.17, 15) is 4.79 Å². The summed E-state index contributed by atoms with van der Waals surface area (Å²) in [5, 5.41) is 8.51. The summed E-state index contributed by atoms with van der Waals surface area (Å²) in [7, 11) is 0. The molecule has 1 N–H and O–H groups in total. The van der Waals surface area contributed by atoms with Crippen molar-refractivity contribution in [3.05, 3.63) is 12.2 Å². The third-order valence-electron chi connectivity index (χ3n) is 3.06. The van der Waals surface area contributed by atoms with E-state index in [2.05, 4.69) is 18.4 Å². The van der Waals surface area contributed by atoms with Crippen molar-refractivity contribution in [2.75, 3.05) is 26.2 Å². The zero-order valence-electron chi connectivity index (χ0n) is 10.7. The maximum atomic E-state index is 10.3. The molecule has 0 radical (unpaired) electrons. The Kier molecular flexibility index (Phi) is 6.22. The number of piperidine rings is 1. The molecule has 4 nitrogen and oxygen atoms in total. The van der Waals surface area contributed by atoms with Crippen LogP contribution in [0.1, 0.15) is 32.6 Å². The Morgan fingerprint density at radius 2 is 2.06 bits per heavy atom.